The zero-order valence-electron chi connectivity index (χ0n) is 11.5. The van der Waals surface area contributed by atoms with E-state index >= 15 is 0 Å². The van der Waals surface area contributed by atoms with E-state index in [4.69, 9.17) is 23.8 Å². The molecule has 0 saturated carbocycles. The summed E-state index contributed by atoms with van der Waals surface area (Å²) in [7, 11) is 0. The van der Waals surface area contributed by atoms with Gasteiger partial charge < -0.3 is 5.11 Å². The molecule has 1 N–H and O–H groups in total. The summed E-state index contributed by atoms with van der Waals surface area (Å²) < 4.78 is 0. The Kier molecular flexibility index (Phi) is 4.11. The lowest BCUT2D eigenvalue weighted by molar-refractivity contribution is 0.0821. The maximum Gasteiger partial charge on any atom is 0.260 e. The fourth-order valence-corrected chi connectivity index (χ4v) is 2.88. The SMILES string of the molecule is O=C(c1ccccc1)N1C[C@H](O)N(c2ccc(Cl)cc2)C1=S. The number of thiocarbonyl (C=S) groups is 1. The van der Waals surface area contributed by atoms with E-state index in [9.17, 15) is 9.90 Å². The molecule has 1 atom stereocenters. The van der Waals surface area contributed by atoms with E-state index in [1.807, 2.05) is 6.07 Å². The first-order valence-corrected chi connectivity index (χ1v) is 7.50. The Hall–Kier alpha value is -1.95. The quantitative estimate of drug-likeness (QED) is 0.859. The van der Waals surface area contributed by atoms with Crippen molar-refractivity contribution in [1.29, 1.82) is 0 Å². The zero-order valence-corrected chi connectivity index (χ0v) is 13.1. The molecule has 1 aliphatic heterocycles. The number of benzene rings is 2. The van der Waals surface area contributed by atoms with Crippen LogP contribution in [0.15, 0.2) is 54.6 Å². The van der Waals surface area contributed by atoms with Crippen LogP contribution in [0.2, 0.25) is 5.02 Å². The number of rotatable bonds is 2. The number of amides is 1. The highest BCUT2D eigenvalue weighted by molar-refractivity contribution is 7.80. The Bertz CT molecular complexity index is 706. The van der Waals surface area contributed by atoms with E-state index in [2.05, 4.69) is 0 Å². The third kappa shape index (κ3) is 2.70. The van der Waals surface area contributed by atoms with Crippen LogP contribution < -0.4 is 4.90 Å². The van der Waals surface area contributed by atoms with Gasteiger partial charge in [-0.2, -0.15) is 0 Å². The van der Waals surface area contributed by atoms with Gasteiger partial charge in [0.15, 0.2) is 11.3 Å². The summed E-state index contributed by atoms with van der Waals surface area (Å²) in [5, 5.41) is 11.1. The fraction of sp³-hybridized carbons (Fsp3) is 0.125. The molecule has 1 amide bonds. The van der Waals surface area contributed by atoms with E-state index in [1.165, 1.54) is 4.90 Å². The predicted octanol–water partition coefficient (Wildman–Crippen LogP) is 2.91. The number of carbonyl (C=O) groups excluding carboxylic acids is 1. The molecule has 1 aliphatic rings. The largest absolute Gasteiger partial charge is 0.371 e. The second kappa shape index (κ2) is 6.04. The minimum absolute atomic E-state index is 0.134. The Balaban J connectivity index is 1.87. The van der Waals surface area contributed by atoms with Crippen LogP contribution in [-0.4, -0.2) is 33.8 Å². The van der Waals surface area contributed by atoms with Gasteiger partial charge in [-0.25, -0.2) is 0 Å². The van der Waals surface area contributed by atoms with Gasteiger partial charge in [-0.15, -0.1) is 0 Å². The molecule has 2 aromatic rings. The highest BCUT2D eigenvalue weighted by Crippen LogP contribution is 2.26. The molecule has 0 spiro atoms. The molecule has 4 nitrogen and oxygen atoms in total. The molecule has 0 aliphatic carbocycles. The van der Waals surface area contributed by atoms with Crippen molar-refractivity contribution >= 4 is 40.5 Å². The second-order valence-corrected chi connectivity index (χ2v) is 5.69. The zero-order chi connectivity index (χ0) is 15.7. The topological polar surface area (TPSA) is 43.8 Å². The van der Waals surface area contributed by atoms with Gasteiger partial charge in [0.05, 0.1) is 6.54 Å². The molecular formula is C16H13ClN2O2S. The second-order valence-electron chi connectivity index (χ2n) is 4.89. The number of nitrogens with zero attached hydrogens (tertiary/aromatic N) is 2. The molecule has 1 heterocycles. The van der Waals surface area contributed by atoms with Crippen molar-refractivity contribution in [3.63, 3.8) is 0 Å². The van der Waals surface area contributed by atoms with E-state index in [0.29, 0.717) is 16.3 Å². The Morgan fingerprint density at radius 1 is 1.14 bits per heavy atom. The average molecular weight is 333 g/mol. The number of carbonyl (C=O) groups is 1. The lowest BCUT2D eigenvalue weighted by Gasteiger charge is -2.22. The molecule has 112 valence electrons. The summed E-state index contributed by atoms with van der Waals surface area (Å²) in [5.41, 5.74) is 1.24. The molecule has 1 fully saturated rings. The maximum absolute atomic E-state index is 12.5. The molecule has 3 rings (SSSR count). The van der Waals surface area contributed by atoms with Gasteiger partial charge >= 0.3 is 0 Å². The van der Waals surface area contributed by atoms with Crippen LogP contribution in [-0.2, 0) is 0 Å². The molecule has 0 bridgehead atoms. The van der Waals surface area contributed by atoms with E-state index in [1.54, 1.807) is 53.4 Å². The standard InChI is InChI=1S/C16H13ClN2O2S/c17-12-6-8-13(9-7-12)19-14(20)10-18(16(19)22)15(21)11-4-2-1-3-5-11/h1-9,14,20H,10H2/t14-/m0/s1. The first-order valence-electron chi connectivity index (χ1n) is 6.71. The Labute approximate surface area is 138 Å². The first kappa shape index (κ1) is 15.0. The van der Waals surface area contributed by atoms with Gasteiger partial charge in [0.2, 0.25) is 0 Å². The Morgan fingerprint density at radius 3 is 2.41 bits per heavy atom. The summed E-state index contributed by atoms with van der Waals surface area (Å²) in [6, 6.07) is 15.8. The smallest absolute Gasteiger partial charge is 0.260 e. The number of aliphatic hydroxyl groups excluding tert-OH is 1. The fourth-order valence-electron chi connectivity index (χ4n) is 2.37. The van der Waals surface area contributed by atoms with Gasteiger partial charge in [-0.3, -0.25) is 14.6 Å². The average Bonchev–Trinajstić information content (AvgIpc) is 2.83. The van der Waals surface area contributed by atoms with E-state index in [0.717, 1.165) is 0 Å². The summed E-state index contributed by atoms with van der Waals surface area (Å²) in [6.07, 6.45) is -0.874. The summed E-state index contributed by atoms with van der Waals surface area (Å²) in [4.78, 5) is 15.5. The van der Waals surface area contributed by atoms with Crippen molar-refractivity contribution in [2.75, 3.05) is 11.4 Å². The van der Waals surface area contributed by atoms with E-state index in [-0.39, 0.29) is 17.6 Å². The van der Waals surface area contributed by atoms with Crippen LogP contribution in [0.1, 0.15) is 10.4 Å². The van der Waals surface area contributed by atoms with Gasteiger partial charge in [-0.1, -0.05) is 29.8 Å². The molecule has 0 unspecified atom stereocenters. The lowest BCUT2D eigenvalue weighted by atomic mass is 10.2. The minimum Gasteiger partial charge on any atom is -0.371 e. The number of hydrogen-bond donors (Lipinski definition) is 1. The third-order valence-electron chi connectivity index (χ3n) is 3.45. The van der Waals surface area contributed by atoms with Crippen molar-refractivity contribution < 1.29 is 9.90 Å². The minimum atomic E-state index is -0.874. The normalized spacial score (nSPS) is 17.9. The van der Waals surface area contributed by atoms with Crippen LogP contribution in [0.3, 0.4) is 0 Å². The number of aliphatic hydroxyl groups is 1. The van der Waals surface area contributed by atoms with Crippen molar-refractivity contribution in [2.45, 2.75) is 6.23 Å². The van der Waals surface area contributed by atoms with Crippen molar-refractivity contribution in [1.82, 2.24) is 4.90 Å². The third-order valence-corrected chi connectivity index (χ3v) is 4.12. The Morgan fingerprint density at radius 2 is 1.77 bits per heavy atom. The number of β-amino-alcohol motifs (C(OH)–C–C–N with tert-alkyl or cyclic N) is 1. The number of hydrogen-bond acceptors (Lipinski definition) is 3. The summed E-state index contributed by atoms with van der Waals surface area (Å²) in [5.74, 6) is -0.221. The van der Waals surface area contributed by atoms with Gasteiger partial charge in [0.1, 0.15) is 0 Å². The molecule has 0 radical (unpaired) electrons. The molecule has 2 aromatic carbocycles. The lowest BCUT2D eigenvalue weighted by Crippen LogP contribution is -2.37. The van der Waals surface area contributed by atoms with Crippen LogP contribution in [0.25, 0.3) is 0 Å². The van der Waals surface area contributed by atoms with Gasteiger partial charge in [0, 0.05) is 16.3 Å². The van der Waals surface area contributed by atoms with Crippen LogP contribution in [0.4, 0.5) is 5.69 Å². The molecule has 22 heavy (non-hydrogen) atoms. The monoisotopic (exact) mass is 332 g/mol. The van der Waals surface area contributed by atoms with Crippen LogP contribution in [0.5, 0.6) is 0 Å². The first-order chi connectivity index (χ1) is 10.6. The number of anilines is 1. The van der Waals surface area contributed by atoms with Crippen LogP contribution in [0, 0.1) is 0 Å². The molecule has 0 aromatic heterocycles. The summed E-state index contributed by atoms with van der Waals surface area (Å²) >= 11 is 11.2. The molecular weight excluding hydrogens is 320 g/mol. The van der Waals surface area contributed by atoms with Crippen molar-refractivity contribution in [3.8, 4) is 0 Å². The highest BCUT2D eigenvalue weighted by atomic mass is 35.5. The summed E-state index contributed by atoms with van der Waals surface area (Å²) in [6.45, 7) is 0.134. The maximum atomic E-state index is 12.5. The highest BCUT2D eigenvalue weighted by Gasteiger charge is 2.37. The molecule has 1 saturated heterocycles. The van der Waals surface area contributed by atoms with Gasteiger partial charge in [0.25, 0.3) is 5.91 Å². The predicted molar refractivity (Wildman–Crippen MR) is 90.0 cm³/mol. The van der Waals surface area contributed by atoms with Gasteiger partial charge in [-0.05, 0) is 48.6 Å². The van der Waals surface area contributed by atoms with E-state index < -0.39 is 6.23 Å². The number of halogens is 1. The van der Waals surface area contributed by atoms with Crippen molar-refractivity contribution in [3.05, 3.63) is 65.2 Å². The van der Waals surface area contributed by atoms with Crippen molar-refractivity contribution in [2.24, 2.45) is 0 Å². The van der Waals surface area contributed by atoms with Crippen LogP contribution >= 0.6 is 23.8 Å². The molecule has 6 heteroatoms.